The van der Waals surface area contributed by atoms with Gasteiger partial charge in [0.1, 0.15) is 0 Å². The zero-order valence-electron chi connectivity index (χ0n) is 12.1. The molecular weight excluding hydrogens is 240 g/mol. The summed E-state index contributed by atoms with van der Waals surface area (Å²) in [6.45, 7) is 6.53. The summed E-state index contributed by atoms with van der Waals surface area (Å²) < 4.78 is 10.9. The van der Waals surface area contributed by atoms with E-state index in [9.17, 15) is 0 Å². The molecule has 0 amide bonds. The topological polar surface area (TPSA) is 54.3 Å². The summed E-state index contributed by atoms with van der Waals surface area (Å²) in [6.07, 6.45) is 0.645. The van der Waals surface area contributed by atoms with Crippen LogP contribution in [0.1, 0.15) is 25.8 Å². The van der Waals surface area contributed by atoms with Crippen LogP contribution in [0.15, 0.2) is 18.2 Å². The second-order valence-electron chi connectivity index (χ2n) is 4.79. The Morgan fingerprint density at radius 1 is 1.32 bits per heavy atom. The molecule has 19 heavy (non-hydrogen) atoms. The molecule has 0 fully saturated rings. The van der Waals surface area contributed by atoms with Crippen LogP contribution in [0.2, 0.25) is 0 Å². The average molecular weight is 262 g/mol. The number of methoxy groups -OCH3 is 1. The summed E-state index contributed by atoms with van der Waals surface area (Å²) in [5, 5.41) is 12.2. The first-order valence-electron chi connectivity index (χ1n) is 6.50. The Hall–Kier alpha value is -1.73. The average Bonchev–Trinajstić information content (AvgIpc) is 2.38. The molecule has 0 heterocycles. The standard InChI is InChI=1S/C15H22N2O2/c1-11(2)17-13(10-16)7-8-19-14-6-5-12(3)9-15(14)18-4/h5-6,9,11,13,17H,7-8H2,1-4H3. The van der Waals surface area contributed by atoms with Gasteiger partial charge in [-0.1, -0.05) is 6.07 Å². The number of hydrogen-bond donors (Lipinski definition) is 1. The first kappa shape index (κ1) is 15.3. The van der Waals surface area contributed by atoms with Gasteiger partial charge in [0.2, 0.25) is 0 Å². The van der Waals surface area contributed by atoms with Crippen molar-refractivity contribution in [3.63, 3.8) is 0 Å². The van der Waals surface area contributed by atoms with E-state index in [4.69, 9.17) is 14.7 Å². The van der Waals surface area contributed by atoms with E-state index in [0.29, 0.717) is 24.8 Å². The molecule has 0 aliphatic rings. The molecule has 1 N–H and O–H groups in total. The van der Waals surface area contributed by atoms with Gasteiger partial charge >= 0.3 is 0 Å². The highest BCUT2D eigenvalue weighted by Crippen LogP contribution is 2.27. The van der Waals surface area contributed by atoms with Crippen LogP contribution in [0.5, 0.6) is 11.5 Å². The molecule has 0 aliphatic carbocycles. The molecule has 104 valence electrons. The quantitative estimate of drug-likeness (QED) is 0.820. The molecule has 0 spiro atoms. The van der Waals surface area contributed by atoms with Crippen LogP contribution in [0.3, 0.4) is 0 Å². The smallest absolute Gasteiger partial charge is 0.161 e. The molecule has 1 aromatic rings. The number of ether oxygens (including phenoxy) is 2. The van der Waals surface area contributed by atoms with Gasteiger partial charge in [-0.25, -0.2) is 0 Å². The van der Waals surface area contributed by atoms with Crippen LogP contribution in [-0.2, 0) is 0 Å². The van der Waals surface area contributed by atoms with Gasteiger partial charge in [-0.2, -0.15) is 5.26 Å². The predicted molar refractivity (Wildman–Crippen MR) is 75.5 cm³/mol. The molecule has 1 rings (SSSR count). The number of aryl methyl sites for hydroxylation is 1. The lowest BCUT2D eigenvalue weighted by Gasteiger charge is -2.16. The van der Waals surface area contributed by atoms with E-state index in [0.717, 1.165) is 11.3 Å². The van der Waals surface area contributed by atoms with Gasteiger partial charge in [0.25, 0.3) is 0 Å². The van der Waals surface area contributed by atoms with Crippen molar-refractivity contribution < 1.29 is 9.47 Å². The van der Waals surface area contributed by atoms with Crippen LogP contribution >= 0.6 is 0 Å². The molecule has 0 saturated carbocycles. The van der Waals surface area contributed by atoms with E-state index >= 15 is 0 Å². The maximum Gasteiger partial charge on any atom is 0.161 e. The molecule has 4 heteroatoms. The van der Waals surface area contributed by atoms with Gasteiger partial charge in [-0.15, -0.1) is 0 Å². The summed E-state index contributed by atoms with van der Waals surface area (Å²) in [5.74, 6) is 1.44. The second-order valence-corrected chi connectivity index (χ2v) is 4.79. The fourth-order valence-corrected chi connectivity index (χ4v) is 1.77. The Balaban J connectivity index is 2.51. The highest BCUT2D eigenvalue weighted by molar-refractivity contribution is 5.42. The van der Waals surface area contributed by atoms with Gasteiger partial charge in [0.15, 0.2) is 11.5 Å². The van der Waals surface area contributed by atoms with Crippen LogP contribution < -0.4 is 14.8 Å². The highest BCUT2D eigenvalue weighted by Gasteiger charge is 2.10. The van der Waals surface area contributed by atoms with E-state index in [2.05, 4.69) is 11.4 Å². The van der Waals surface area contributed by atoms with Gasteiger partial charge in [0, 0.05) is 12.5 Å². The van der Waals surface area contributed by atoms with Crippen LogP contribution in [-0.4, -0.2) is 25.8 Å². The Labute approximate surface area is 115 Å². The lowest BCUT2D eigenvalue weighted by atomic mass is 10.2. The number of hydrogen-bond acceptors (Lipinski definition) is 4. The van der Waals surface area contributed by atoms with Crippen LogP contribution in [0.4, 0.5) is 0 Å². The van der Waals surface area contributed by atoms with Gasteiger partial charge in [-0.3, -0.25) is 5.32 Å². The minimum absolute atomic E-state index is 0.184. The Morgan fingerprint density at radius 3 is 2.63 bits per heavy atom. The Bertz CT molecular complexity index is 438. The molecule has 0 saturated heterocycles. The number of rotatable bonds is 7. The van der Waals surface area contributed by atoms with Crippen molar-refractivity contribution in [2.75, 3.05) is 13.7 Å². The lowest BCUT2D eigenvalue weighted by Crippen LogP contribution is -2.34. The second kappa shape index (κ2) is 7.65. The van der Waals surface area contributed by atoms with Crippen molar-refractivity contribution in [2.45, 2.75) is 39.3 Å². The van der Waals surface area contributed by atoms with Gasteiger partial charge in [-0.05, 0) is 38.5 Å². The monoisotopic (exact) mass is 262 g/mol. The fourth-order valence-electron chi connectivity index (χ4n) is 1.77. The third-order valence-electron chi connectivity index (χ3n) is 2.67. The summed E-state index contributed by atoms with van der Waals surface area (Å²) in [5.41, 5.74) is 1.13. The summed E-state index contributed by atoms with van der Waals surface area (Å²) in [4.78, 5) is 0. The van der Waals surface area contributed by atoms with E-state index in [-0.39, 0.29) is 6.04 Å². The Kier molecular flexibility index (Phi) is 6.17. The zero-order chi connectivity index (χ0) is 14.3. The van der Waals surface area contributed by atoms with Crippen molar-refractivity contribution in [3.8, 4) is 17.6 Å². The molecule has 1 unspecified atom stereocenters. The Morgan fingerprint density at radius 2 is 2.05 bits per heavy atom. The van der Waals surface area contributed by atoms with E-state index < -0.39 is 0 Å². The molecule has 0 bridgehead atoms. The van der Waals surface area contributed by atoms with Crippen molar-refractivity contribution in [3.05, 3.63) is 23.8 Å². The number of nitrogens with zero attached hydrogens (tertiary/aromatic N) is 1. The molecule has 4 nitrogen and oxygen atoms in total. The van der Waals surface area contributed by atoms with Crippen LogP contribution in [0.25, 0.3) is 0 Å². The van der Waals surface area contributed by atoms with Gasteiger partial charge < -0.3 is 9.47 Å². The van der Waals surface area contributed by atoms with Crippen molar-refractivity contribution in [1.29, 1.82) is 5.26 Å². The molecule has 1 aromatic carbocycles. The molecule has 0 aromatic heterocycles. The molecule has 1 atom stereocenters. The molecule has 0 aliphatic heterocycles. The maximum atomic E-state index is 9.02. The third kappa shape index (κ3) is 5.19. The van der Waals surface area contributed by atoms with Crippen molar-refractivity contribution in [1.82, 2.24) is 5.32 Å². The molecular formula is C15H22N2O2. The summed E-state index contributed by atoms with van der Waals surface area (Å²) in [7, 11) is 1.63. The van der Waals surface area contributed by atoms with Gasteiger partial charge in [0.05, 0.1) is 25.8 Å². The predicted octanol–water partition coefficient (Wildman–Crippen LogP) is 2.66. The minimum atomic E-state index is -0.184. The minimum Gasteiger partial charge on any atom is -0.493 e. The summed E-state index contributed by atoms with van der Waals surface area (Å²) in [6, 6.07) is 8.15. The summed E-state index contributed by atoms with van der Waals surface area (Å²) >= 11 is 0. The first-order valence-corrected chi connectivity index (χ1v) is 6.50. The maximum absolute atomic E-state index is 9.02. The first-order chi connectivity index (χ1) is 9.06. The normalized spacial score (nSPS) is 12.0. The third-order valence-corrected chi connectivity index (χ3v) is 2.67. The van der Waals surface area contributed by atoms with E-state index in [1.807, 2.05) is 39.0 Å². The van der Waals surface area contributed by atoms with E-state index in [1.54, 1.807) is 7.11 Å². The number of nitrogens with one attached hydrogen (secondary N) is 1. The van der Waals surface area contributed by atoms with Crippen LogP contribution in [0, 0.1) is 18.3 Å². The largest absolute Gasteiger partial charge is 0.493 e. The van der Waals surface area contributed by atoms with Crippen molar-refractivity contribution in [2.24, 2.45) is 0 Å². The SMILES string of the molecule is COc1cc(C)ccc1OCCC(C#N)NC(C)C. The zero-order valence-corrected chi connectivity index (χ0v) is 12.1. The number of benzene rings is 1. The highest BCUT2D eigenvalue weighted by atomic mass is 16.5. The lowest BCUT2D eigenvalue weighted by molar-refractivity contribution is 0.277. The van der Waals surface area contributed by atoms with Crippen molar-refractivity contribution >= 4 is 0 Å². The van der Waals surface area contributed by atoms with E-state index in [1.165, 1.54) is 0 Å². The molecule has 0 radical (unpaired) electrons. The fraction of sp³-hybridized carbons (Fsp3) is 0.533. The number of nitriles is 1.